The molecular formula is C18H12N2O3S. The van der Waals surface area contributed by atoms with Gasteiger partial charge in [0, 0.05) is 5.56 Å². The summed E-state index contributed by atoms with van der Waals surface area (Å²) in [5.74, 6) is -1.92. The fourth-order valence-corrected chi connectivity index (χ4v) is 3.34. The SMILES string of the molecule is COC(=O)c1cccc(C(=O)[C@@H](C#N)c2nc3ccccc3s2)c1. The number of methoxy groups -OCH3 is 1. The molecule has 118 valence electrons. The van der Waals surface area contributed by atoms with Crippen molar-refractivity contribution in [2.45, 2.75) is 5.92 Å². The number of para-hydroxylation sites is 1. The van der Waals surface area contributed by atoms with E-state index in [0.29, 0.717) is 5.01 Å². The summed E-state index contributed by atoms with van der Waals surface area (Å²) in [5, 5.41) is 9.92. The number of aromatic nitrogens is 1. The van der Waals surface area contributed by atoms with Crippen molar-refractivity contribution in [1.29, 1.82) is 5.26 Å². The third-order valence-corrected chi connectivity index (χ3v) is 4.62. The lowest BCUT2D eigenvalue weighted by atomic mass is 9.98. The van der Waals surface area contributed by atoms with Gasteiger partial charge in [-0.15, -0.1) is 11.3 Å². The largest absolute Gasteiger partial charge is 0.465 e. The van der Waals surface area contributed by atoms with Crippen molar-refractivity contribution in [3.05, 3.63) is 64.7 Å². The second-order valence-corrected chi connectivity index (χ2v) is 6.08. The van der Waals surface area contributed by atoms with Gasteiger partial charge in [0.2, 0.25) is 0 Å². The zero-order chi connectivity index (χ0) is 17.1. The molecule has 0 bridgehead atoms. The van der Waals surface area contributed by atoms with Crippen LogP contribution in [0, 0.1) is 11.3 Å². The van der Waals surface area contributed by atoms with Gasteiger partial charge in [-0.05, 0) is 24.3 Å². The highest BCUT2D eigenvalue weighted by Crippen LogP contribution is 2.29. The van der Waals surface area contributed by atoms with E-state index in [-0.39, 0.29) is 16.9 Å². The summed E-state index contributed by atoms with van der Waals surface area (Å²) >= 11 is 1.32. The standard InChI is InChI=1S/C18H12N2O3S/c1-23-18(22)12-6-4-5-11(9-12)16(21)13(10-19)17-20-14-7-2-3-8-15(14)24-17/h2-9,13H,1H3/t13-/m1/s1. The van der Waals surface area contributed by atoms with E-state index in [0.717, 1.165) is 10.2 Å². The van der Waals surface area contributed by atoms with E-state index >= 15 is 0 Å². The number of ketones is 1. The van der Waals surface area contributed by atoms with Gasteiger partial charge in [0.05, 0.1) is 29.0 Å². The zero-order valence-electron chi connectivity index (χ0n) is 12.7. The predicted octanol–water partition coefficient (Wildman–Crippen LogP) is 3.57. The van der Waals surface area contributed by atoms with Crippen molar-refractivity contribution in [1.82, 2.24) is 4.98 Å². The molecule has 0 amide bonds. The lowest BCUT2D eigenvalue weighted by molar-refractivity contribution is 0.0600. The number of fused-ring (bicyclic) bond motifs is 1. The number of ether oxygens (including phenoxy) is 1. The first-order valence-corrected chi connectivity index (χ1v) is 7.93. The highest BCUT2D eigenvalue weighted by molar-refractivity contribution is 7.18. The van der Waals surface area contributed by atoms with Crippen LogP contribution in [-0.4, -0.2) is 23.8 Å². The lowest BCUT2D eigenvalue weighted by Crippen LogP contribution is -2.12. The molecule has 6 heteroatoms. The number of thiazole rings is 1. The molecule has 1 aromatic heterocycles. The van der Waals surface area contributed by atoms with Gasteiger partial charge < -0.3 is 4.74 Å². The molecule has 0 unspecified atom stereocenters. The molecule has 24 heavy (non-hydrogen) atoms. The molecule has 3 aromatic rings. The van der Waals surface area contributed by atoms with E-state index in [1.165, 1.54) is 24.5 Å². The number of hydrogen-bond donors (Lipinski definition) is 0. The van der Waals surface area contributed by atoms with E-state index < -0.39 is 11.9 Å². The van der Waals surface area contributed by atoms with Crippen LogP contribution in [-0.2, 0) is 4.74 Å². The molecule has 0 aliphatic carbocycles. The first-order valence-electron chi connectivity index (χ1n) is 7.11. The first kappa shape index (κ1) is 15.8. The Bertz CT molecular complexity index is 939. The van der Waals surface area contributed by atoms with Gasteiger partial charge in [-0.1, -0.05) is 24.3 Å². The summed E-state index contributed by atoms with van der Waals surface area (Å²) in [6.45, 7) is 0. The Balaban J connectivity index is 1.98. The number of nitriles is 1. The second-order valence-electron chi connectivity index (χ2n) is 5.02. The van der Waals surface area contributed by atoms with Crippen molar-refractivity contribution in [2.24, 2.45) is 0 Å². The van der Waals surface area contributed by atoms with Crippen LogP contribution in [0.1, 0.15) is 31.6 Å². The second kappa shape index (κ2) is 6.60. The van der Waals surface area contributed by atoms with Crippen LogP contribution >= 0.6 is 11.3 Å². The van der Waals surface area contributed by atoms with E-state index in [9.17, 15) is 14.9 Å². The molecule has 1 atom stereocenters. The molecule has 0 radical (unpaired) electrons. The number of Topliss-reactive ketones (excluding diaryl/α,β-unsaturated/α-hetero) is 1. The van der Waals surface area contributed by atoms with E-state index in [1.54, 1.807) is 18.2 Å². The number of hydrogen-bond acceptors (Lipinski definition) is 6. The van der Waals surface area contributed by atoms with E-state index in [1.807, 2.05) is 30.3 Å². The van der Waals surface area contributed by atoms with E-state index in [4.69, 9.17) is 0 Å². The van der Waals surface area contributed by atoms with Crippen LogP contribution < -0.4 is 0 Å². The highest BCUT2D eigenvalue weighted by atomic mass is 32.1. The Kier molecular flexibility index (Phi) is 4.36. The molecule has 0 fully saturated rings. The predicted molar refractivity (Wildman–Crippen MR) is 90.1 cm³/mol. The van der Waals surface area contributed by atoms with E-state index in [2.05, 4.69) is 9.72 Å². The minimum atomic E-state index is -1.00. The topological polar surface area (TPSA) is 80.0 Å². The van der Waals surface area contributed by atoms with Crippen molar-refractivity contribution in [3.8, 4) is 6.07 Å². The summed E-state index contributed by atoms with van der Waals surface area (Å²) in [6, 6.07) is 15.7. The molecule has 0 N–H and O–H groups in total. The van der Waals surface area contributed by atoms with Crippen LogP contribution in [0.4, 0.5) is 0 Å². The van der Waals surface area contributed by atoms with Crippen LogP contribution in [0.15, 0.2) is 48.5 Å². The fraction of sp³-hybridized carbons (Fsp3) is 0.111. The minimum absolute atomic E-state index is 0.268. The molecule has 3 rings (SSSR count). The van der Waals surface area contributed by atoms with Crippen molar-refractivity contribution < 1.29 is 14.3 Å². The Hall–Kier alpha value is -3.04. The molecule has 1 heterocycles. The summed E-state index contributed by atoms with van der Waals surface area (Å²) in [6.07, 6.45) is 0. The van der Waals surface area contributed by atoms with Crippen molar-refractivity contribution in [3.63, 3.8) is 0 Å². The summed E-state index contributed by atoms with van der Waals surface area (Å²) in [5.41, 5.74) is 1.31. The maximum Gasteiger partial charge on any atom is 0.337 e. The molecular weight excluding hydrogens is 324 g/mol. The van der Waals surface area contributed by atoms with Crippen LogP contribution in [0.2, 0.25) is 0 Å². The Morgan fingerprint density at radius 3 is 2.62 bits per heavy atom. The fourth-order valence-electron chi connectivity index (χ4n) is 2.32. The van der Waals surface area contributed by atoms with Gasteiger partial charge in [-0.25, -0.2) is 9.78 Å². The maximum absolute atomic E-state index is 12.7. The molecule has 0 spiro atoms. The van der Waals surface area contributed by atoms with Crippen LogP contribution in [0.3, 0.4) is 0 Å². The summed E-state index contributed by atoms with van der Waals surface area (Å²) < 4.78 is 5.58. The van der Waals surface area contributed by atoms with Gasteiger partial charge in [0.25, 0.3) is 0 Å². The van der Waals surface area contributed by atoms with Crippen molar-refractivity contribution >= 4 is 33.3 Å². The van der Waals surface area contributed by atoms with Crippen molar-refractivity contribution in [2.75, 3.05) is 7.11 Å². The third kappa shape index (κ3) is 2.90. The highest BCUT2D eigenvalue weighted by Gasteiger charge is 2.26. The quantitative estimate of drug-likeness (QED) is 0.537. The summed E-state index contributed by atoms with van der Waals surface area (Å²) in [7, 11) is 1.27. The molecule has 0 aliphatic rings. The van der Waals surface area contributed by atoms with Gasteiger partial charge in [0.15, 0.2) is 11.7 Å². The van der Waals surface area contributed by atoms with Crippen LogP contribution in [0.5, 0.6) is 0 Å². The molecule has 0 saturated heterocycles. The number of esters is 1. The Morgan fingerprint density at radius 1 is 1.17 bits per heavy atom. The molecule has 0 saturated carbocycles. The zero-order valence-corrected chi connectivity index (χ0v) is 13.5. The maximum atomic E-state index is 12.7. The number of nitrogens with zero attached hydrogens (tertiary/aromatic N) is 2. The number of benzene rings is 2. The molecule has 0 aliphatic heterocycles. The lowest BCUT2D eigenvalue weighted by Gasteiger charge is -2.06. The number of carbonyl (C=O) groups excluding carboxylic acids is 2. The third-order valence-electron chi connectivity index (χ3n) is 3.52. The monoisotopic (exact) mass is 336 g/mol. The summed E-state index contributed by atoms with van der Waals surface area (Å²) in [4.78, 5) is 28.7. The van der Waals surface area contributed by atoms with Gasteiger partial charge in [-0.3, -0.25) is 4.79 Å². The first-order chi connectivity index (χ1) is 11.6. The average molecular weight is 336 g/mol. The normalized spacial score (nSPS) is 11.7. The minimum Gasteiger partial charge on any atom is -0.465 e. The van der Waals surface area contributed by atoms with Gasteiger partial charge in [0.1, 0.15) is 5.01 Å². The smallest absolute Gasteiger partial charge is 0.337 e. The van der Waals surface area contributed by atoms with Gasteiger partial charge >= 0.3 is 5.97 Å². The van der Waals surface area contributed by atoms with Crippen LogP contribution in [0.25, 0.3) is 10.2 Å². The number of carbonyl (C=O) groups is 2. The Morgan fingerprint density at radius 2 is 1.92 bits per heavy atom. The molecule has 2 aromatic carbocycles. The molecule has 5 nitrogen and oxygen atoms in total. The number of rotatable bonds is 4. The average Bonchev–Trinajstić information content (AvgIpc) is 3.05. The van der Waals surface area contributed by atoms with Gasteiger partial charge in [-0.2, -0.15) is 5.26 Å². The Labute approximate surface area is 142 Å².